The molecule has 0 aromatic heterocycles. The van der Waals surface area contributed by atoms with Crippen molar-refractivity contribution in [3.63, 3.8) is 0 Å². The van der Waals surface area contributed by atoms with E-state index in [1.807, 2.05) is 6.92 Å². The third kappa shape index (κ3) is 5.19. The summed E-state index contributed by atoms with van der Waals surface area (Å²) in [4.78, 5) is 2.45. The minimum atomic E-state index is 0.357. The number of morpholine rings is 1. The lowest BCUT2D eigenvalue weighted by Gasteiger charge is -2.35. The molecule has 2 unspecified atom stereocenters. The molecular formula is C12H23NO2. The molecule has 0 amide bonds. The van der Waals surface area contributed by atoms with Gasteiger partial charge in [0.15, 0.2) is 0 Å². The van der Waals surface area contributed by atoms with Crippen molar-refractivity contribution < 1.29 is 9.47 Å². The highest BCUT2D eigenvalue weighted by molar-refractivity contribution is 4.75. The van der Waals surface area contributed by atoms with E-state index in [4.69, 9.17) is 9.47 Å². The summed E-state index contributed by atoms with van der Waals surface area (Å²) in [6.45, 7) is 13.8. The summed E-state index contributed by atoms with van der Waals surface area (Å²) in [6, 6.07) is 0. The van der Waals surface area contributed by atoms with E-state index in [0.717, 1.165) is 38.4 Å². The molecule has 88 valence electrons. The summed E-state index contributed by atoms with van der Waals surface area (Å²) in [5.74, 6) is 0.804. The van der Waals surface area contributed by atoms with Crippen molar-refractivity contribution in [1.82, 2.24) is 4.90 Å². The van der Waals surface area contributed by atoms with Gasteiger partial charge in [0.05, 0.1) is 24.6 Å². The summed E-state index contributed by atoms with van der Waals surface area (Å²) in [5, 5.41) is 0. The lowest BCUT2D eigenvalue weighted by atomic mass is 10.2. The molecule has 1 aliphatic heterocycles. The number of hydrogen-bond donors (Lipinski definition) is 0. The fourth-order valence-electron chi connectivity index (χ4n) is 2.00. The fraction of sp³-hybridized carbons (Fsp3) is 0.833. The van der Waals surface area contributed by atoms with Crippen LogP contribution >= 0.6 is 0 Å². The Balaban J connectivity index is 2.12. The maximum Gasteiger partial charge on any atom is 0.0889 e. The second kappa shape index (κ2) is 6.13. The number of ether oxygens (including phenoxy) is 2. The molecule has 15 heavy (non-hydrogen) atoms. The number of nitrogens with zero attached hydrogens (tertiary/aromatic N) is 1. The van der Waals surface area contributed by atoms with Crippen LogP contribution in [0.3, 0.4) is 0 Å². The van der Waals surface area contributed by atoms with Gasteiger partial charge in [0.1, 0.15) is 0 Å². The molecule has 3 nitrogen and oxygen atoms in total. The normalized spacial score (nSPS) is 27.7. The van der Waals surface area contributed by atoms with Crippen LogP contribution in [0, 0.1) is 0 Å². The van der Waals surface area contributed by atoms with E-state index in [9.17, 15) is 0 Å². The average molecular weight is 213 g/mol. The van der Waals surface area contributed by atoms with E-state index in [2.05, 4.69) is 25.3 Å². The lowest BCUT2D eigenvalue weighted by molar-refractivity contribution is -0.0689. The molecule has 0 N–H and O–H groups in total. The average Bonchev–Trinajstić information content (AvgIpc) is 2.10. The minimum absolute atomic E-state index is 0.357. The van der Waals surface area contributed by atoms with E-state index >= 15 is 0 Å². The molecule has 2 atom stereocenters. The predicted octanol–water partition coefficient (Wildman–Crippen LogP) is 2.04. The van der Waals surface area contributed by atoms with Gasteiger partial charge < -0.3 is 9.47 Å². The quantitative estimate of drug-likeness (QED) is 0.515. The molecule has 0 spiro atoms. The van der Waals surface area contributed by atoms with E-state index in [1.54, 1.807) is 0 Å². The van der Waals surface area contributed by atoms with Gasteiger partial charge in [-0.1, -0.05) is 6.58 Å². The van der Waals surface area contributed by atoms with Crippen LogP contribution in [0.2, 0.25) is 0 Å². The second-order valence-corrected chi connectivity index (χ2v) is 4.42. The molecule has 3 heteroatoms. The van der Waals surface area contributed by atoms with Crippen molar-refractivity contribution in [2.45, 2.75) is 39.4 Å². The Kier molecular flexibility index (Phi) is 5.12. The summed E-state index contributed by atoms with van der Waals surface area (Å²) in [7, 11) is 0. The van der Waals surface area contributed by atoms with Gasteiger partial charge in [-0.25, -0.2) is 0 Å². The molecule has 0 aromatic carbocycles. The Morgan fingerprint density at radius 2 is 2.00 bits per heavy atom. The first-order valence-corrected chi connectivity index (χ1v) is 5.74. The van der Waals surface area contributed by atoms with Crippen LogP contribution in [0.4, 0.5) is 0 Å². The van der Waals surface area contributed by atoms with Gasteiger partial charge >= 0.3 is 0 Å². The monoisotopic (exact) mass is 213 g/mol. The van der Waals surface area contributed by atoms with Gasteiger partial charge in [-0.05, 0) is 27.2 Å². The summed E-state index contributed by atoms with van der Waals surface area (Å²) in [5.41, 5.74) is 0. The minimum Gasteiger partial charge on any atom is -0.499 e. The van der Waals surface area contributed by atoms with E-state index < -0.39 is 0 Å². The summed E-state index contributed by atoms with van der Waals surface area (Å²) in [6.07, 6.45) is 1.78. The topological polar surface area (TPSA) is 21.7 Å². The first-order valence-electron chi connectivity index (χ1n) is 5.74. The summed E-state index contributed by atoms with van der Waals surface area (Å²) < 4.78 is 11.0. The Morgan fingerprint density at radius 3 is 2.53 bits per heavy atom. The first-order chi connectivity index (χ1) is 7.08. The van der Waals surface area contributed by atoms with Gasteiger partial charge in [0.25, 0.3) is 0 Å². The Labute approximate surface area is 93.0 Å². The molecule has 1 rings (SSSR count). The van der Waals surface area contributed by atoms with Crippen molar-refractivity contribution in [1.29, 1.82) is 0 Å². The van der Waals surface area contributed by atoms with Crippen molar-refractivity contribution in [3.05, 3.63) is 12.3 Å². The van der Waals surface area contributed by atoms with Gasteiger partial charge in [-0.15, -0.1) is 0 Å². The number of rotatable bonds is 5. The van der Waals surface area contributed by atoms with Crippen LogP contribution in [0.1, 0.15) is 27.2 Å². The van der Waals surface area contributed by atoms with Crippen molar-refractivity contribution in [2.24, 2.45) is 0 Å². The molecule has 1 saturated heterocycles. The van der Waals surface area contributed by atoms with Crippen LogP contribution in [0.5, 0.6) is 0 Å². The zero-order valence-corrected chi connectivity index (χ0v) is 10.2. The molecular weight excluding hydrogens is 190 g/mol. The molecule has 1 aliphatic rings. The Morgan fingerprint density at radius 1 is 1.40 bits per heavy atom. The molecule has 0 aromatic rings. The van der Waals surface area contributed by atoms with Crippen LogP contribution in [-0.4, -0.2) is 43.3 Å². The molecule has 1 heterocycles. The predicted molar refractivity (Wildman–Crippen MR) is 61.8 cm³/mol. The lowest BCUT2D eigenvalue weighted by Crippen LogP contribution is -2.45. The van der Waals surface area contributed by atoms with E-state index in [-0.39, 0.29) is 0 Å². The van der Waals surface area contributed by atoms with Gasteiger partial charge in [-0.3, -0.25) is 4.90 Å². The van der Waals surface area contributed by atoms with Gasteiger partial charge in [0.2, 0.25) is 0 Å². The molecule has 0 aliphatic carbocycles. The molecule has 0 bridgehead atoms. The number of hydrogen-bond acceptors (Lipinski definition) is 3. The second-order valence-electron chi connectivity index (χ2n) is 4.42. The zero-order chi connectivity index (χ0) is 11.3. The van der Waals surface area contributed by atoms with Crippen LogP contribution in [-0.2, 0) is 9.47 Å². The highest BCUT2D eigenvalue weighted by Crippen LogP contribution is 2.10. The van der Waals surface area contributed by atoms with Crippen LogP contribution in [0.15, 0.2) is 12.3 Å². The maximum absolute atomic E-state index is 5.67. The van der Waals surface area contributed by atoms with Crippen LogP contribution in [0.25, 0.3) is 0 Å². The van der Waals surface area contributed by atoms with Crippen LogP contribution < -0.4 is 0 Å². The highest BCUT2D eigenvalue weighted by atomic mass is 16.5. The highest BCUT2D eigenvalue weighted by Gasteiger charge is 2.21. The number of allylic oxidation sites excluding steroid dienone is 1. The zero-order valence-electron chi connectivity index (χ0n) is 10.2. The maximum atomic E-state index is 5.67. The van der Waals surface area contributed by atoms with Crippen molar-refractivity contribution >= 4 is 0 Å². The molecule has 0 saturated carbocycles. The van der Waals surface area contributed by atoms with Gasteiger partial charge in [-0.2, -0.15) is 0 Å². The summed E-state index contributed by atoms with van der Waals surface area (Å²) >= 11 is 0. The molecule has 1 fully saturated rings. The Bertz CT molecular complexity index is 196. The smallest absolute Gasteiger partial charge is 0.0889 e. The van der Waals surface area contributed by atoms with Crippen molar-refractivity contribution in [2.75, 3.05) is 26.2 Å². The first kappa shape index (κ1) is 12.5. The van der Waals surface area contributed by atoms with E-state index in [1.165, 1.54) is 0 Å². The van der Waals surface area contributed by atoms with Gasteiger partial charge in [0, 0.05) is 19.6 Å². The fourth-order valence-corrected chi connectivity index (χ4v) is 2.00. The van der Waals surface area contributed by atoms with Crippen molar-refractivity contribution in [3.8, 4) is 0 Å². The third-order valence-electron chi connectivity index (χ3n) is 2.46. The van der Waals surface area contributed by atoms with E-state index in [0.29, 0.717) is 12.2 Å². The largest absolute Gasteiger partial charge is 0.499 e. The molecule has 0 radical (unpaired) electrons. The third-order valence-corrected chi connectivity index (χ3v) is 2.46. The SMILES string of the molecule is C=C(C)OCCCN1CC(C)OC(C)C1. The standard InChI is InChI=1S/C12H23NO2/c1-10(2)14-7-5-6-13-8-11(3)15-12(4)9-13/h11-12H,1,5-9H2,2-4H3. The Hall–Kier alpha value is -0.540.